The number of rotatable bonds is 10. The van der Waals surface area contributed by atoms with Crippen molar-refractivity contribution in [3.05, 3.63) is 64.6 Å². The van der Waals surface area contributed by atoms with E-state index >= 15 is 0 Å². The molecule has 1 aromatic carbocycles. The number of pyridine rings is 1. The van der Waals surface area contributed by atoms with Gasteiger partial charge in [-0.3, -0.25) is 24.0 Å². The van der Waals surface area contributed by atoms with Crippen LogP contribution in [-0.4, -0.2) is 46.0 Å². The number of hydrogen-bond donors (Lipinski definition) is 3. The molecule has 2 amide bonds. The van der Waals surface area contributed by atoms with Crippen molar-refractivity contribution in [2.45, 2.75) is 31.8 Å². The normalized spacial score (nSPS) is 12.5. The number of Topliss-reactive ketones (excluding diaryl/α,β-unsaturated/α-hetero) is 1. The van der Waals surface area contributed by atoms with Crippen LogP contribution in [0.15, 0.2) is 53.5 Å². The zero-order valence-corrected chi connectivity index (χ0v) is 16.7. The molecule has 0 bridgehead atoms. The van der Waals surface area contributed by atoms with Crippen molar-refractivity contribution >= 4 is 29.3 Å². The first kappa shape index (κ1) is 23.5. The molecule has 0 saturated carbocycles. The highest BCUT2D eigenvalue weighted by molar-refractivity contribution is 6.04. The first-order valence-corrected chi connectivity index (χ1v) is 9.46. The van der Waals surface area contributed by atoms with Crippen molar-refractivity contribution in [2.24, 2.45) is 0 Å². The van der Waals surface area contributed by atoms with Crippen LogP contribution in [0.3, 0.4) is 0 Å². The molecule has 0 aliphatic carbocycles. The summed E-state index contributed by atoms with van der Waals surface area (Å²) in [4.78, 5) is 60.4. The van der Waals surface area contributed by atoms with E-state index in [0.717, 1.165) is 4.57 Å². The summed E-state index contributed by atoms with van der Waals surface area (Å²) in [5.41, 5.74) is -0.395. The molecule has 0 saturated heterocycles. The quantitative estimate of drug-likeness (QED) is 0.522. The fourth-order valence-corrected chi connectivity index (χ4v) is 2.92. The van der Waals surface area contributed by atoms with Crippen LogP contribution in [0.1, 0.15) is 36.2 Å². The van der Waals surface area contributed by atoms with Gasteiger partial charge >= 0.3 is 5.97 Å². The Balaban J connectivity index is 2.26. The smallest absolute Gasteiger partial charge is 0.305 e. The lowest BCUT2D eigenvalue weighted by Gasteiger charge is -2.22. The molecule has 1 unspecified atom stereocenters. The predicted octanol–water partition coefficient (Wildman–Crippen LogP) is 1.55. The second kappa shape index (κ2) is 10.8. The Labute approximate surface area is 176 Å². The summed E-state index contributed by atoms with van der Waals surface area (Å²) in [5, 5.41) is 13.6. The summed E-state index contributed by atoms with van der Waals surface area (Å²) in [7, 11) is 0. The number of carboxylic acid groups (broad SMARTS) is 1. The van der Waals surface area contributed by atoms with Gasteiger partial charge in [0.1, 0.15) is 24.4 Å². The van der Waals surface area contributed by atoms with E-state index in [4.69, 9.17) is 5.11 Å². The number of amides is 2. The van der Waals surface area contributed by atoms with Crippen LogP contribution >= 0.6 is 0 Å². The maximum atomic E-state index is 12.8. The molecule has 164 valence electrons. The van der Waals surface area contributed by atoms with Crippen molar-refractivity contribution in [3.63, 3.8) is 0 Å². The highest BCUT2D eigenvalue weighted by atomic mass is 19.1. The molecule has 0 aliphatic rings. The predicted molar refractivity (Wildman–Crippen MR) is 110 cm³/mol. The van der Waals surface area contributed by atoms with Crippen molar-refractivity contribution in [1.29, 1.82) is 0 Å². The summed E-state index contributed by atoms with van der Waals surface area (Å²) in [6, 6.07) is 8.40. The number of ketones is 1. The van der Waals surface area contributed by atoms with Crippen LogP contribution in [0, 0.1) is 0 Å². The van der Waals surface area contributed by atoms with E-state index in [-0.39, 0.29) is 12.1 Å². The number of carboxylic acids is 1. The Morgan fingerprint density at radius 2 is 1.77 bits per heavy atom. The van der Waals surface area contributed by atoms with Crippen LogP contribution in [0.25, 0.3) is 0 Å². The number of alkyl halides is 1. The van der Waals surface area contributed by atoms with Gasteiger partial charge in [-0.25, -0.2) is 4.39 Å². The Kier molecular flexibility index (Phi) is 8.18. The van der Waals surface area contributed by atoms with E-state index in [9.17, 15) is 28.4 Å². The van der Waals surface area contributed by atoms with Crippen LogP contribution < -0.4 is 16.2 Å². The summed E-state index contributed by atoms with van der Waals surface area (Å²) in [6.45, 7) is 0.172. The molecule has 0 radical (unpaired) electrons. The van der Waals surface area contributed by atoms with Crippen molar-refractivity contribution in [3.8, 4) is 0 Å². The SMILES string of the molecule is CC[C@H](C(=O)NC(CC(=O)O)C(=O)CF)n1cccc(NC(=O)c2ccccc2)c1=O. The van der Waals surface area contributed by atoms with Crippen LogP contribution in [-0.2, 0) is 14.4 Å². The van der Waals surface area contributed by atoms with Crippen molar-refractivity contribution in [1.82, 2.24) is 9.88 Å². The minimum absolute atomic E-state index is 0.0653. The van der Waals surface area contributed by atoms with Crippen LogP contribution in [0.2, 0.25) is 0 Å². The lowest BCUT2D eigenvalue weighted by atomic mass is 10.1. The summed E-state index contributed by atoms with van der Waals surface area (Å²) in [6.07, 6.45) is 0.663. The lowest BCUT2D eigenvalue weighted by molar-refractivity contribution is -0.140. The summed E-state index contributed by atoms with van der Waals surface area (Å²) < 4.78 is 13.8. The average molecular weight is 431 g/mol. The van der Waals surface area contributed by atoms with Crippen molar-refractivity contribution < 1.29 is 28.7 Å². The number of hydrogen-bond acceptors (Lipinski definition) is 5. The first-order chi connectivity index (χ1) is 14.8. The molecule has 2 atom stereocenters. The minimum Gasteiger partial charge on any atom is -0.481 e. The third-order valence-corrected chi connectivity index (χ3v) is 4.50. The van der Waals surface area contributed by atoms with E-state index in [1.807, 2.05) is 0 Å². The second-order valence-corrected chi connectivity index (χ2v) is 6.64. The largest absolute Gasteiger partial charge is 0.481 e. The van der Waals surface area contributed by atoms with Gasteiger partial charge in [0.15, 0.2) is 5.78 Å². The lowest BCUT2D eigenvalue weighted by Crippen LogP contribution is -2.47. The van der Waals surface area contributed by atoms with Gasteiger partial charge in [0.25, 0.3) is 11.5 Å². The molecule has 2 aromatic rings. The molecule has 1 heterocycles. The van der Waals surface area contributed by atoms with E-state index in [2.05, 4.69) is 10.6 Å². The molecule has 0 spiro atoms. The highest BCUT2D eigenvalue weighted by Gasteiger charge is 2.28. The van der Waals surface area contributed by atoms with Gasteiger partial charge in [0.2, 0.25) is 5.91 Å². The fourth-order valence-electron chi connectivity index (χ4n) is 2.92. The highest BCUT2D eigenvalue weighted by Crippen LogP contribution is 2.13. The Bertz CT molecular complexity index is 1020. The number of carbonyl (C=O) groups is 4. The summed E-state index contributed by atoms with van der Waals surface area (Å²) in [5.74, 6) is -3.79. The Hall–Kier alpha value is -3.82. The molecule has 0 aliphatic heterocycles. The molecule has 9 nitrogen and oxygen atoms in total. The number of halogens is 1. The molecule has 3 N–H and O–H groups in total. The molecular formula is C21H22FN3O6. The zero-order chi connectivity index (χ0) is 23.0. The van der Waals surface area contributed by atoms with Crippen LogP contribution in [0.5, 0.6) is 0 Å². The number of aromatic nitrogens is 1. The molecular weight excluding hydrogens is 409 g/mol. The van der Waals surface area contributed by atoms with Crippen molar-refractivity contribution in [2.75, 3.05) is 12.0 Å². The van der Waals surface area contributed by atoms with Gasteiger partial charge < -0.3 is 20.3 Å². The van der Waals surface area contributed by atoms with Gasteiger partial charge in [-0.1, -0.05) is 25.1 Å². The standard InChI is InChI=1S/C21H22FN3O6/c1-2-16(20(30)24-15(11-18(27)28)17(26)12-22)25-10-6-9-14(21(25)31)23-19(29)13-7-4-3-5-8-13/h3-10,15-16H,2,11-12H2,1H3,(H,23,29)(H,24,30)(H,27,28)/t15?,16-/m1/s1. The minimum atomic E-state index is -1.55. The van der Waals surface area contributed by atoms with Gasteiger partial charge in [-0.05, 0) is 30.7 Å². The van der Waals surface area contributed by atoms with Gasteiger partial charge in [-0.2, -0.15) is 0 Å². The number of nitrogens with one attached hydrogen (secondary N) is 2. The third-order valence-electron chi connectivity index (χ3n) is 4.50. The number of carbonyl (C=O) groups excluding carboxylic acids is 3. The first-order valence-electron chi connectivity index (χ1n) is 9.46. The van der Waals surface area contributed by atoms with E-state index in [0.29, 0.717) is 5.56 Å². The maximum absolute atomic E-state index is 12.8. The fraction of sp³-hybridized carbons (Fsp3) is 0.286. The van der Waals surface area contributed by atoms with E-state index in [1.165, 1.54) is 18.3 Å². The Morgan fingerprint density at radius 1 is 1.10 bits per heavy atom. The van der Waals surface area contributed by atoms with E-state index in [1.54, 1.807) is 37.3 Å². The monoisotopic (exact) mass is 431 g/mol. The maximum Gasteiger partial charge on any atom is 0.305 e. The number of aliphatic carboxylic acids is 1. The Morgan fingerprint density at radius 3 is 2.35 bits per heavy atom. The molecule has 10 heteroatoms. The van der Waals surface area contributed by atoms with Gasteiger partial charge in [0, 0.05) is 11.8 Å². The third kappa shape index (κ3) is 6.08. The topological polar surface area (TPSA) is 135 Å². The van der Waals surface area contributed by atoms with Crippen LogP contribution in [0.4, 0.5) is 10.1 Å². The average Bonchev–Trinajstić information content (AvgIpc) is 2.75. The molecule has 1 aromatic heterocycles. The molecule has 31 heavy (non-hydrogen) atoms. The van der Waals surface area contributed by atoms with Gasteiger partial charge in [0.05, 0.1) is 6.42 Å². The number of anilines is 1. The zero-order valence-electron chi connectivity index (χ0n) is 16.7. The summed E-state index contributed by atoms with van der Waals surface area (Å²) >= 11 is 0. The van der Waals surface area contributed by atoms with E-state index < -0.39 is 54.3 Å². The van der Waals surface area contributed by atoms with Gasteiger partial charge in [-0.15, -0.1) is 0 Å². The molecule has 0 fully saturated rings. The number of nitrogens with zero attached hydrogens (tertiary/aromatic N) is 1. The molecule has 2 rings (SSSR count). The second-order valence-electron chi connectivity index (χ2n) is 6.64. The number of benzene rings is 1.